The molecule has 0 radical (unpaired) electrons. The van der Waals surface area contributed by atoms with Crippen molar-refractivity contribution in [2.45, 2.75) is 164 Å². The average Bonchev–Trinajstić information content (AvgIpc) is 1.56. The van der Waals surface area contributed by atoms with E-state index in [1.165, 1.54) is 38.1 Å². The molecule has 42 nitrogen and oxygen atoms in total. The Kier molecular flexibility index (Phi) is 38.0. The SMILES string of the molecule is CSCC[C@H](NC(=O)[C@H](CCCN=C(N)N)NC(=O)[C@H](CCC(N)=O)NC(=O)[C@H](CCC(N)=O)NC(=O)[C@@H](N)Cc1cnc[nH]1)C(=O)N[C@@H](CCCNC(N)=O)C(=O)NCC(=O)N[C@@H](Cc1c[nH]c2ccccc12)C(=O)N[C@@H](CO)C(=O)N[C@@H](CCCN=C(N)N)C(=O)N[C@@H](C)C(=O)N[C@@H](C)C(=O)O. The van der Waals surface area contributed by atoms with Gasteiger partial charge in [0, 0.05) is 74.3 Å². The van der Waals surface area contributed by atoms with Gasteiger partial charge in [0.15, 0.2) is 11.9 Å². The van der Waals surface area contributed by atoms with Crippen LogP contribution in [0.3, 0.4) is 0 Å². The summed E-state index contributed by atoms with van der Waals surface area (Å²) in [5.74, 6) is -14.4. The fourth-order valence-electron chi connectivity index (χ4n) is 9.82. The topological polar surface area (TPSA) is 718 Å². The van der Waals surface area contributed by atoms with Gasteiger partial charge >= 0.3 is 12.0 Å². The maximum Gasteiger partial charge on any atom is 0.325 e. The van der Waals surface area contributed by atoms with E-state index in [1.807, 2.05) is 0 Å². The summed E-state index contributed by atoms with van der Waals surface area (Å²) in [4.78, 5) is 218. The Morgan fingerprint density at radius 3 is 1.47 bits per heavy atom. The first-order chi connectivity index (χ1) is 49.2. The van der Waals surface area contributed by atoms with Gasteiger partial charge in [0.25, 0.3) is 0 Å². The molecule has 0 aliphatic heterocycles. The summed E-state index contributed by atoms with van der Waals surface area (Å²) in [6, 6.07) is -10.6. The molecule has 0 bridgehead atoms. The summed E-state index contributed by atoms with van der Waals surface area (Å²) >= 11 is 1.26. The first kappa shape index (κ1) is 86.8. The number of aliphatic imine (C=N–C) groups is 2. The lowest BCUT2D eigenvalue weighted by molar-refractivity contribution is -0.141. The van der Waals surface area contributed by atoms with Gasteiger partial charge in [0.2, 0.25) is 76.8 Å². The van der Waals surface area contributed by atoms with Crippen LogP contribution in [0.1, 0.15) is 95.7 Å². The molecule has 3 rings (SSSR count). The number of para-hydroxylation sites is 1. The zero-order valence-electron chi connectivity index (χ0n) is 57.7. The average molecular weight is 1480 g/mol. The Labute approximate surface area is 600 Å². The molecule has 0 saturated carbocycles. The molecule has 1 aromatic carbocycles. The van der Waals surface area contributed by atoms with Crippen LogP contribution in [0.2, 0.25) is 0 Å². The molecule has 2 aromatic heterocycles. The number of carboxylic acids is 1. The van der Waals surface area contributed by atoms with Crippen LogP contribution < -0.4 is 110 Å². The molecular weight excluding hydrogens is 1390 g/mol. The molecule has 0 unspecified atom stereocenters. The van der Waals surface area contributed by atoms with Gasteiger partial charge in [-0.1, -0.05) is 18.2 Å². The summed E-state index contributed by atoms with van der Waals surface area (Å²) in [5.41, 5.74) is 45.7. The van der Waals surface area contributed by atoms with Crippen molar-refractivity contribution < 1.29 is 82.1 Å². The van der Waals surface area contributed by atoms with Gasteiger partial charge in [0.1, 0.15) is 60.4 Å². The van der Waals surface area contributed by atoms with E-state index in [9.17, 15) is 82.1 Å². The number of rotatable bonds is 49. The van der Waals surface area contributed by atoms with Crippen LogP contribution in [0, 0.1) is 0 Å². The smallest absolute Gasteiger partial charge is 0.325 e. The maximum atomic E-state index is 14.5. The number of hydrogen-bond acceptors (Lipinski definition) is 21. The monoisotopic (exact) mass is 1480 g/mol. The standard InChI is InChI=1S/C61H97N25O17S/c1-30(48(91)78-31(2)58(101)102)77-51(94)38(12-6-19-71-59(65)66)83-57(100)44(28-87)86-56(99)43(23-32-25-74-36-10-5-4-9-34(32)36)79-47(90)27-75-50(93)37(11-8-21-73-61(69)103)81-55(98)42(18-22-104-3)85-52(95)39(13-7-20-72-60(67)68)82-54(97)41(15-17-46(64)89)84-53(96)40(14-16-45(63)88)80-49(92)35(62)24-33-26-70-29-76-33/h4-5,9-10,25-26,29-31,35,37-44,74,87H,6-8,11-24,27-28,62H2,1-3H3,(H2,63,88)(H2,64,89)(H,70,76)(H,75,93)(H,77,94)(H,78,91)(H,79,90)(H,80,92)(H,81,98)(H,82,97)(H,83,100)(H,84,96)(H,85,95)(H,86,99)(H,101,102)(H4,65,66,71)(H4,67,68,72)(H3,69,73,103)/t30-,31-,35-,37-,38-,39-,40-,41-,42-,43-,44-/m0/s1. The zero-order chi connectivity index (χ0) is 77.6. The summed E-state index contributed by atoms with van der Waals surface area (Å²) in [7, 11) is 0. The number of nitrogens with one attached hydrogen (secondary N) is 14. The molecule has 15 amide bonds. The molecule has 0 spiro atoms. The van der Waals surface area contributed by atoms with Crippen molar-refractivity contribution in [1.29, 1.82) is 0 Å². The lowest BCUT2D eigenvalue weighted by Crippen LogP contribution is -2.60. The number of urea groups is 1. The molecule has 43 heteroatoms. The highest BCUT2D eigenvalue weighted by atomic mass is 32.2. The van der Waals surface area contributed by atoms with Crippen LogP contribution >= 0.6 is 11.8 Å². The molecular formula is C61H97N25O17S. The molecule has 11 atom stereocenters. The number of nitrogens with two attached hydrogens (primary N) is 8. The van der Waals surface area contributed by atoms with Crippen LogP contribution in [0.15, 0.2) is 53.0 Å². The van der Waals surface area contributed by atoms with E-state index < -0.39 is 188 Å². The number of benzene rings is 1. The first-order valence-corrected chi connectivity index (χ1v) is 34.2. The van der Waals surface area contributed by atoms with Crippen molar-refractivity contribution in [3.63, 3.8) is 0 Å². The number of aliphatic hydroxyl groups is 1. The number of H-pyrrole nitrogens is 2. The van der Waals surface area contributed by atoms with E-state index >= 15 is 0 Å². The van der Waals surface area contributed by atoms with Gasteiger partial charge in [-0.3, -0.25) is 77.1 Å². The number of hydrogen-bond donors (Lipinski definition) is 24. The predicted molar refractivity (Wildman–Crippen MR) is 377 cm³/mol. The number of aliphatic hydroxyl groups excluding tert-OH is 1. The summed E-state index contributed by atoms with van der Waals surface area (Å²) < 4.78 is 0. The van der Waals surface area contributed by atoms with Crippen LogP contribution in [0.25, 0.3) is 10.9 Å². The van der Waals surface area contributed by atoms with Crippen LogP contribution in [-0.4, -0.2) is 237 Å². The third-order valence-electron chi connectivity index (χ3n) is 15.4. The number of amides is 15. The second-order valence-corrected chi connectivity index (χ2v) is 24.8. The number of aromatic nitrogens is 3. The van der Waals surface area contributed by atoms with E-state index in [1.54, 1.807) is 36.7 Å². The van der Waals surface area contributed by atoms with Crippen molar-refractivity contribution in [1.82, 2.24) is 78.8 Å². The fourth-order valence-corrected chi connectivity index (χ4v) is 10.3. The highest BCUT2D eigenvalue weighted by Gasteiger charge is 2.36. The van der Waals surface area contributed by atoms with Gasteiger partial charge < -0.3 is 130 Å². The summed E-state index contributed by atoms with van der Waals surface area (Å²) in [6.45, 7) is 0.270. The molecule has 0 aliphatic rings. The minimum Gasteiger partial charge on any atom is -0.480 e. The van der Waals surface area contributed by atoms with E-state index in [0.717, 1.165) is 0 Å². The minimum absolute atomic E-state index is 0.0111. The van der Waals surface area contributed by atoms with Crippen molar-refractivity contribution >= 4 is 123 Å². The molecule has 0 fully saturated rings. The van der Waals surface area contributed by atoms with Crippen molar-refractivity contribution in [3.8, 4) is 0 Å². The lowest BCUT2D eigenvalue weighted by Gasteiger charge is -2.27. The number of thioether (sulfide) groups is 1. The molecule has 32 N–H and O–H groups in total. The number of aromatic amines is 2. The summed E-state index contributed by atoms with van der Waals surface area (Å²) in [5, 5.41) is 49.6. The largest absolute Gasteiger partial charge is 0.480 e. The van der Waals surface area contributed by atoms with E-state index in [4.69, 9.17) is 45.9 Å². The molecule has 2 heterocycles. The molecule has 3 aromatic rings. The minimum atomic E-state index is -1.81. The van der Waals surface area contributed by atoms with Crippen LogP contribution in [0.5, 0.6) is 0 Å². The van der Waals surface area contributed by atoms with Gasteiger partial charge in [-0.2, -0.15) is 11.8 Å². The van der Waals surface area contributed by atoms with Gasteiger partial charge in [-0.15, -0.1) is 0 Å². The van der Waals surface area contributed by atoms with E-state index in [2.05, 4.69) is 88.7 Å². The summed E-state index contributed by atoms with van der Waals surface area (Å²) in [6.07, 6.45) is 3.26. The Bertz CT molecular complexity index is 3490. The third kappa shape index (κ3) is 32.5. The third-order valence-corrected chi connectivity index (χ3v) is 16.1. The van der Waals surface area contributed by atoms with Gasteiger partial charge in [0.05, 0.1) is 25.5 Å². The highest BCUT2D eigenvalue weighted by Crippen LogP contribution is 2.20. The molecule has 0 aliphatic carbocycles. The number of carbonyl (C=O) groups is 15. The Hall–Kier alpha value is -11.4. The number of carbonyl (C=O) groups excluding carboxylic acids is 14. The van der Waals surface area contributed by atoms with Crippen LogP contribution in [-0.2, 0) is 80.0 Å². The Morgan fingerprint density at radius 2 is 0.981 bits per heavy atom. The van der Waals surface area contributed by atoms with Gasteiger partial charge in [-0.05, 0) is 95.3 Å². The van der Waals surface area contributed by atoms with Crippen molar-refractivity contribution in [3.05, 3.63) is 54.2 Å². The number of imidazole rings is 1. The molecule has 0 saturated heterocycles. The Morgan fingerprint density at radius 1 is 0.519 bits per heavy atom. The fraction of sp³-hybridized carbons (Fsp3) is 0.541. The van der Waals surface area contributed by atoms with Crippen LogP contribution in [0.4, 0.5) is 4.79 Å². The number of guanidine groups is 2. The van der Waals surface area contributed by atoms with Crippen molar-refractivity contribution in [2.24, 2.45) is 55.9 Å². The van der Waals surface area contributed by atoms with Crippen molar-refractivity contribution in [2.75, 3.05) is 44.8 Å². The van der Waals surface area contributed by atoms with Gasteiger partial charge in [-0.25, -0.2) is 9.78 Å². The lowest BCUT2D eigenvalue weighted by atomic mass is 10.0. The number of primary amides is 3. The second-order valence-electron chi connectivity index (χ2n) is 23.8. The first-order valence-electron chi connectivity index (χ1n) is 32.8. The number of fused-ring (bicyclic) bond motifs is 1. The molecule has 574 valence electrons. The quantitative estimate of drug-likeness (QED) is 0.0142. The second kappa shape index (κ2) is 45.5. The number of nitrogens with zero attached hydrogens (tertiary/aromatic N) is 3. The Balaban J connectivity index is 1.94. The predicted octanol–water partition coefficient (Wildman–Crippen LogP) is -9.08. The number of aliphatic carboxylic acids is 1. The van der Waals surface area contributed by atoms with E-state index in [-0.39, 0.29) is 102 Å². The van der Waals surface area contributed by atoms with E-state index in [0.29, 0.717) is 22.2 Å². The normalized spacial score (nSPS) is 14.1. The maximum absolute atomic E-state index is 14.5. The zero-order valence-corrected chi connectivity index (χ0v) is 58.5. The number of carboxylic acid groups (broad SMARTS) is 1. The molecule has 104 heavy (non-hydrogen) atoms. The highest BCUT2D eigenvalue weighted by molar-refractivity contribution is 7.98.